The van der Waals surface area contributed by atoms with Crippen molar-refractivity contribution in [2.24, 2.45) is 16.2 Å². The van der Waals surface area contributed by atoms with Crippen molar-refractivity contribution in [3.8, 4) is 0 Å². The first-order valence-corrected chi connectivity index (χ1v) is 15.8. The summed E-state index contributed by atoms with van der Waals surface area (Å²) in [5.74, 6) is -3.19. The summed E-state index contributed by atoms with van der Waals surface area (Å²) in [4.78, 5) is 67.0. The van der Waals surface area contributed by atoms with Crippen molar-refractivity contribution < 1.29 is 44.1 Å². The third-order valence-corrected chi connectivity index (χ3v) is 8.71. The molecule has 0 aliphatic carbocycles. The minimum Gasteiger partial charge on any atom is -0.550 e. The number of ketones is 3. The molecule has 0 spiro atoms. The van der Waals surface area contributed by atoms with Crippen LogP contribution in [0.5, 0.6) is 0 Å². The van der Waals surface area contributed by atoms with Crippen molar-refractivity contribution in [2.75, 3.05) is 0 Å². The topological polar surface area (TPSA) is 172 Å². The molecule has 0 radical (unpaired) electrons. The van der Waals surface area contributed by atoms with E-state index in [4.69, 9.17) is 0 Å². The number of aliphatic carboxylic acids is 3. The number of hydrogen-bond acceptors (Lipinski definition) is 9. The standard InChI is InChI=1S/3C11H20O3.Al/c3*1-4-7-9(12)11(5-2,6-3)8-10(13)14;/h3*4-8H2,1-3H3,(H,13,14);/q;;;+3/p-3. The Morgan fingerprint density at radius 2 is 0.558 bits per heavy atom. The van der Waals surface area contributed by atoms with Crippen molar-refractivity contribution in [2.45, 2.75) is 159 Å². The van der Waals surface area contributed by atoms with Gasteiger partial charge in [0.2, 0.25) is 0 Å². The SMILES string of the molecule is CCCC(=O)C(CC)(CC)CC(=O)[O-].CCCC(=O)C(CC)(CC)CC(=O)[O-].CCCC(=O)C(CC)(CC)CC(=O)[O-].[Al+3]. The molecule has 0 saturated carbocycles. The summed E-state index contributed by atoms with van der Waals surface area (Å²) < 4.78 is 0. The fourth-order valence-electron chi connectivity index (χ4n) is 5.28. The van der Waals surface area contributed by atoms with Gasteiger partial charge in [-0.1, -0.05) is 62.3 Å². The predicted molar refractivity (Wildman–Crippen MR) is 163 cm³/mol. The van der Waals surface area contributed by atoms with Crippen molar-refractivity contribution in [1.82, 2.24) is 0 Å². The quantitative estimate of drug-likeness (QED) is 0.173. The molecule has 10 heteroatoms. The van der Waals surface area contributed by atoms with E-state index in [1.54, 1.807) is 0 Å². The van der Waals surface area contributed by atoms with E-state index in [9.17, 15) is 44.1 Å². The number of Topliss-reactive ketones (excluding diaryl/α,β-unsaturated/α-hetero) is 3. The van der Waals surface area contributed by atoms with Gasteiger partial charge in [-0.3, -0.25) is 14.4 Å². The molecular weight excluding hydrogens is 567 g/mol. The molecule has 0 fully saturated rings. The normalized spacial score (nSPS) is 11.1. The number of carboxylic acids is 3. The van der Waals surface area contributed by atoms with E-state index in [-0.39, 0.29) is 54.0 Å². The molecule has 0 heterocycles. The van der Waals surface area contributed by atoms with E-state index >= 15 is 0 Å². The van der Waals surface area contributed by atoms with Gasteiger partial charge in [0.05, 0.1) is 0 Å². The maximum Gasteiger partial charge on any atom is 3.00 e. The number of hydrogen-bond donors (Lipinski definition) is 0. The summed E-state index contributed by atoms with van der Waals surface area (Å²) in [6.45, 7) is 16.9. The first kappa shape index (κ1) is 47.9. The van der Waals surface area contributed by atoms with E-state index in [1.807, 2.05) is 62.3 Å². The average molecular weight is 625 g/mol. The van der Waals surface area contributed by atoms with Gasteiger partial charge in [-0.2, -0.15) is 0 Å². The zero-order chi connectivity index (χ0) is 33.6. The number of carboxylic acid groups (broad SMARTS) is 3. The Morgan fingerprint density at radius 1 is 0.395 bits per heavy atom. The third-order valence-electron chi connectivity index (χ3n) is 8.71. The first-order valence-electron chi connectivity index (χ1n) is 15.8. The molecule has 0 saturated heterocycles. The largest absolute Gasteiger partial charge is 3.00 e. The maximum absolute atomic E-state index is 11.8. The third kappa shape index (κ3) is 17.1. The van der Waals surface area contributed by atoms with Gasteiger partial charge in [-0.25, -0.2) is 0 Å². The van der Waals surface area contributed by atoms with E-state index in [0.29, 0.717) is 57.8 Å². The summed E-state index contributed by atoms with van der Waals surface area (Å²) in [6, 6.07) is 0. The van der Waals surface area contributed by atoms with Gasteiger partial charge in [0, 0.05) is 53.4 Å². The molecule has 0 aromatic heterocycles. The molecule has 0 aliphatic heterocycles. The molecule has 246 valence electrons. The number of rotatable bonds is 21. The second-order valence-electron chi connectivity index (χ2n) is 11.1. The molecule has 0 aromatic rings. The predicted octanol–water partition coefficient (Wildman–Crippen LogP) is 3.53. The maximum atomic E-state index is 11.8. The van der Waals surface area contributed by atoms with Crippen LogP contribution in [0.4, 0.5) is 0 Å². The summed E-state index contributed by atoms with van der Waals surface area (Å²) in [6.07, 6.45) is 6.77. The molecule has 0 bridgehead atoms. The van der Waals surface area contributed by atoms with E-state index < -0.39 is 34.2 Å². The Labute approximate surface area is 271 Å². The molecule has 0 amide bonds. The summed E-state index contributed by atoms with van der Waals surface area (Å²) in [5.41, 5.74) is -2.06. The van der Waals surface area contributed by atoms with E-state index in [2.05, 4.69) is 0 Å². The second-order valence-corrected chi connectivity index (χ2v) is 11.1. The first-order chi connectivity index (χ1) is 19.6. The Hall–Kier alpha value is -2.05. The van der Waals surface area contributed by atoms with Gasteiger partial charge in [0.1, 0.15) is 17.3 Å². The van der Waals surface area contributed by atoms with Crippen LogP contribution in [0.25, 0.3) is 0 Å². The molecule has 9 nitrogen and oxygen atoms in total. The molecule has 0 N–H and O–H groups in total. The van der Waals surface area contributed by atoms with Crippen LogP contribution in [-0.2, 0) is 28.8 Å². The van der Waals surface area contributed by atoms with Crippen LogP contribution in [0.3, 0.4) is 0 Å². The summed E-state index contributed by atoms with van der Waals surface area (Å²) in [7, 11) is 0. The van der Waals surface area contributed by atoms with Crippen LogP contribution in [0.15, 0.2) is 0 Å². The smallest absolute Gasteiger partial charge is 0.550 e. The molecular formula is C33H57AlO9. The van der Waals surface area contributed by atoms with Crippen molar-refractivity contribution in [1.29, 1.82) is 0 Å². The number of carbonyl (C=O) groups excluding carboxylic acids is 6. The Balaban J connectivity index is -0.000000262. The monoisotopic (exact) mass is 624 g/mol. The van der Waals surface area contributed by atoms with Crippen LogP contribution >= 0.6 is 0 Å². The Kier molecular flexibility index (Phi) is 28.2. The molecule has 0 rings (SSSR count). The Morgan fingerprint density at radius 3 is 0.651 bits per heavy atom. The zero-order valence-electron chi connectivity index (χ0n) is 28.4. The van der Waals surface area contributed by atoms with E-state index in [0.717, 1.165) is 19.3 Å². The molecule has 0 aliphatic rings. The van der Waals surface area contributed by atoms with Crippen LogP contribution in [0.2, 0.25) is 0 Å². The van der Waals surface area contributed by atoms with Gasteiger partial charge < -0.3 is 29.7 Å². The fraction of sp³-hybridized carbons (Fsp3) is 0.818. The van der Waals surface area contributed by atoms with Crippen LogP contribution in [0, 0.1) is 16.2 Å². The van der Waals surface area contributed by atoms with Crippen molar-refractivity contribution in [3.63, 3.8) is 0 Å². The minimum atomic E-state index is -1.13. The van der Waals surface area contributed by atoms with E-state index in [1.165, 1.54) is 0 Å². The van der Waals surface area contributed by atoms with Gasteiger partial charge in [0.15, 0.2) is 0 Å². The molecule has 0 atom stereocenters. The molecule has 0 unspecified atom stereocenters. The summed E-state index contributed by atoms with van der Waals surface area (Å²) >= 11 is 0. The van der Waals surface area contributed by atoms with Gasteiger partial charge >= 0.3 is 17.4 Å². The van der Waals surface area contributed by atoms with Crippen molar-refractivity contribution in [3.05, 3.63) is 0 Å². The van der Waals surface area contributed by atoms with Crippen LogP contribution in [0.1, 0.15) is 159 Å². The molecule has 43 heavy (non-hydrogen) atoms. The van der Waals surface area contributed by atoms with Crippen LogP contribution < -0.4 is 15.3 Å². The van der Waals surface area contributed by atoms with Crippen molar-refractivity contribution >= 4 is 52.6 Å². The fourth-order valence-corrected chi connectivity index (χ4v) is 5.28. The van der Waals surface area contributed by atoms with Gasteiger partial charge in [-0.15, -0.1) is 0 Å². The second kappa shape index (κ2) is 25.3. The summed E-state index contributed by atoms with van der Waals surface area (Å²) in [5, 5.41) is 31.7. The van der Waals surface area contributed by atoms with Gasteiger partial charge in [0.25, 0.3) is 0 Å². The zero-order valence-corrected chi connectivity index (χ0v) is 29.5. The minimum absolute atomic E-state index is 0. The average Bonchev–Trinajstić information content (AvgIpc) is 2.94. The van der Waals surface area contributed by atoms with Gasteiger partial charge in [-0.05, 0) is 77.0 Å². The molecule has 0 aromatic carbocycles. The Bertz CT molecular complexity index is 730. The number of carbonyl (C=O) groups is 6. The van der Waals surface area contributed by atoms with Crippen LogP contribution in [-0.4, -0.2) is 52.6 Å².